The molecule has 0 radical (unpaired) electrons. The van der Waals surface area contributed by atoms with Crippen LogP contribution in [0.15, 0.2) is 54.1 Å². The van der Waals surface area contributed by atoms with Crippen LogP contribution in [0, 0.1) is 0 Å². The van der Waals surface area contributed by atoms with Gasteiger partial charge in [-0.25, -0.2) is 0 Å². The van der Waals surface area contributed by atoms with Crippen molar-refractivity contribution in [3.05, 3.63) is 70.8 Å². The Labute approximate surface area is 136 Å². The van der Waals surface area contributed by atoms with Crippen LogP contribution in [0.2, 0.25) is 0 Å². The van der Waals surface area contributed by atoms with Crippen molar-refractivity contribution in [2.75, 3.05) is 0 Å². The predicted molar refractivity (Wildman–Crippen MR) is 90.0 cm³/mol. The molecule has 2 aromatic rings. The van der Waals surface area contributed by atoms with Crippen molar-refractivity contribution in [3.8, 4) is 11.5 Å². The molecule has 1 N–H and O–H groups in total. The molecule has 1 atom stereocenters. The van der Waals surface area contributed by atoms with Crippen LogP contribution < -0.4 is 4.74 Å². The van der Waals surface area contributed by atoms with Crippen LogP contribution in [0.3, 0.4) is 0 Å². The number of carbonyl (C=O) groups is 1. The van der Waals surface area contributed by atoms with Crippen LogP contribution in [0.25, 0.3) is 0 Å². The van der Waals surface area contributed by atoms with Crippen molar-refractivity contribution in [2.45, 2.75) is 32.8 Å². The molecule has 0 saturated carbocycles. The van der Waals surface area contributed by atoms with E-state index in [-0.39, 0.29) is 17.6 Å². The summed E-state index contributed by atoms with van der Waals surface area (Å²) >= 11 is 0. The summed E-state index contributed by atoms with van der Waals surface area (Å²) in [7, 11) is 0. The Kier molecular flexibility index (Phi) is 4.20. The average molecular weight is 308 g/mol. The number of phenolic OH excluding ortho intramolecular Hbond substituents is 1. The number of carbonyl (C=O) groups excluding carboxylic acids is 1. The van der Waals surface area contributed by atoms with Crippen LogP contribution in [0.5, 0.6) is 11.5 Å². The van der Waals surface area contributed by atoms with E-state index in [1.807, 2.05) is 50.3 Å². The number of Topliss-reactive ketones (excluding diaryl/α,β-unsaturated/α-hetero) is 1. The molecule has 3 heteroatoms. The van der Waals surface area contributed by atoms with Gasteiger partial charge in [-0.2, -0.15) is 0 Å². The van der Waals surface area contributed by atoms with Gasteiger partial charge in [-0.1, -0.05) is 42.0 Å². The second-order valence-corrected chi connectivity index (χ2v) is 6.07. The lowest BCUT2D eigenvalue weighted by molar-refractivity contribution is 0.0847. The van der Waals surface area contributed by atoms with E-state index in [0.29, 0.717) is 29.7 Å². The highest BCUT2D eigenvalue weighted by Crippen LogP contribution is 2.41. The number of phenols is 1. The van der Waals surface area contributed by atoms with Crippen LogP contribution in [-0.2, 0) is 6.42 Å². The van der Waals surface area contributed by atoms with Crippen molar-refractivity contribution >= 4 is 5.78 Å². The molecule has 0 saturated heterocycles. The average Bonchev–Trinajstić information content (AvgIpc) is 2.54. The monoisotopic (exact) mass is 308 g/mol. The fourth-order valence-corrected chi connectivity index (χ4v) is 2.79. The number of aromatic hydroxyl groups is 1. The zero-order valence-corrected chi connectivity index (χ0v) is 13.4. The third kappa shape index (κ3) is 3.14. The highest BCUT2D eigenvalue weighted by atomic mass is 16.5. The number of ketones is 1. The molecule has 0 aromatic heterocycles. The normalized spacial score (nSPS) is 16.4. The number of fused-ring (bicyclic) bond motifs is 1. The van der Waals surface area contributed by atoms with Gasteiger partial charge in [0.2, 0.25) is 0 Å². The summed E-state index contributed by atoms with van der Waals surface area (Å²) in [4.78, 5) is 12.5. The predicted octanol–water partition coefficient (Wildman–Crippen LogP) is 4.61. The minimum absolute atomic E-state index is 0.0542. The number of benzene rings is 2. The Balaban J connectivity index is 2.02. The van der Waals surface area contributed by atoms with Crippen molar-refractivity contribution in [3.63, 3.8) is 0 Å². The maximum atomic E-state index is 12.5. The molecule has 3 nitrogen and oxygen atoms in total. The quantitative estimate of drug-likeness (QED) is 0.842. The molecule has 0 spiro atoms. The first-order chi connectivity index (χ1) is 11.1. The Hall–Kier alpha value is -2.55. The highest BCUT2D eigenvalue weighted by Gasteiger charge is 2.30. The number of hydrogen-bond donors (Lipinski definition) is 1. The third-order valence-electron chi connectivity index (χ3n) is 4.05. The van der Waals surface area contributed by atoms with E-state index in [2.05, 4.69) is 0 Å². The highest BCUT2D eigenvalue weighted by molar-refractivity contribution is 6.00. The Morgan fingerprint density at radius 3 is 2.65 bits per heavy atom. The third-order valence-corrected chi connectivity index (χ3v) is 4.05. The summed E-state index contributed by atoms with van der Waals surface area (Å²) in [5, 5.41) is 10.2. The summed E-state index contributed by atoms with van der Waals surface area (Å²) in [5.41, 5.74) is 3.37. The molecule has 0 unspecified atom stereocenters. The van der Waals surface area contributed by atoms with Crippen molar-refractivity contribution in [2.24, 2.45) is 0 Å². The zero-order chi connectivity index (χ0) is 16.4. The summed E-state index contributed by atoms with van der Waals surface area (Å²) in [6.07, 6.45) is 2.59. The molecular weight excluding hydrogens is 288 g/mol. The van der Waals surface area contributed by atoms with Gasteiger partial charge in [-0.05, 0) is 38.0 Å². The first-order valence-electron chi connectivity index (χ1n) is 7.79. The molecule has 0 aliphatic carbocycles. The van der Waals surface area contributed by atoms with Gasteiger partial charge >= 0.3 is 0 Å². The molecule has 0 bridgehead atoms. The van der Waals surface area contributed by atoms with Crippen LogP contribution in [0.4, 0.5) is 0 Å². The topological polar surface area (TPSA) is 46.5 Å². The molecule has 118 valence electrons. The fraction of sp³-hybridized carbons (Fsp3) is 0.250. The molecule has 1 heterocycles. The van der Waals surface area contributed by atoms with E-state index in [0.717, 1.165) is 11.1 Å². The van der Waals surface area contributed by atoms with Crippen LogP contribution >= 0.6 is 0 Å². The second-order valence-electron chi connectivity index (χ2n) is 6.07. The molecule has 1 aliphatic heterocycles. The first-order valence-corrected chi connectivity index (χ1v) is 7.79. The Morgan fingerprint density at radius 1 is 1.22 bits per heavy atom. The van der Waals surface area contributed by atoms with Gasteiger partial charge in [0.05, 0.1) is 12.0 Å². The number of ether oxygens (including phenoxy) is 1. The molecule has 0 fully saturated rings. The molecule has 3 rings (SSSR count). The maximum Gasteiger partial charge on any atom is 0.170 e. The molecular formula is C20H20O3. The molecule has 2 aromatic carbocycles. The number of allylic oxidation sites excluding steroid dienone is 2. The van der Waals surface area contributed by atoms with E-state index >= 15 is 0 Å². The van der Waals surface area contributed by atoms with Gasteiger partial charge in [0.25, 0.3) is 0 Å². The zero-order valence-electron chi connectivity index (χ0n) is 13.4. The maximum absolute atomic E-state index is 12.5. The van der Waals surface area contributed by atoms with E-state index in [4.69, 9.17) is 4.74 Å². The number of hydrogen-bond acceptors (Lipinski definition) is 3. The van der Waals surface area contributed by atoms with Crippen molar-refractivity contribution in [1.29, 1.82) is 0 Å². The SMILES string of the molecule is CC(C)=CCc1c(O)ccc2c1O[C@H](c1ccccc1)CC2=O. The van der Waals surface area contributed by atoms with Gasteiger partial charge in [-0.3, -0.25) is 4.79 Å². The Bertz CT molecular complexity index is 756. The van der Waals surface area contributed by atoms with E-state index < -0.39 is 0 Å². The minimum Gasteiger partial charge on any atom is -0.508 e. The lowest BCUT2D eigenvalue weighted by Gasteiger charge is -2.27. The Morgan fingerprint density at radius 2 is 1.96 bits per heavy atom. The largest absolute Gasteiger partial charge is 0.508 e. The summed E-state index contributed by atoms with van der Waals surface area (Å²) in [6.45, 7) is 4.01. The standard InChI is InChI=1S/C20H20O3/c1-13(2)8-9-15-17(21)11-10-16-18(22)12-19(23-20(15)16)14-6-4-3-5-7-14/h3-8,10-11,19,21H,9,12H2,1-2H3/t19-/m0/s1. The molecule has 1 aliphatic rings. The lowest BCUT2D eigenvalue weighted by atomic mass is 9.93. The van der Waals surface area contributed by atoms with Crippen LogP contribution in [-0.4, -0.2) is 10.9 Å². The van der Waals surface area contributed by atoms with Gasteiger partial charge in [-0.15, -0.1) is 0 Å². The molecule has 0 amide bonds. The minimum atomic E-state index is -0.302. The van der Waals surface area contributed by atoms with E-state index in [1.54, 1.807) is 12.1 Å². The fourth-order valence-electron chi connectivity index (χ4n) is 2.79. The van der Waals surface area contributed by atoms with Gasteiger partial charge in [0.1, 0.15) is 17.6 Å². The van der Waals surface area contributed by atoms with Gasteiger partial charge < -0.3 is 9.84 Å². The second kappa shape index (κ2) is 6.29. The van der Waals surface area contributed by atoms with E-state index in [9.17, 15) is 9.90 Å². The van der Waals surface area contributed by atoms with Crippen molar-refractivity contribution in [1.82, 2.24) is 0 Å². The summed E-state index contributed by atoms with van der Waals surface area (Å²) in [5.74, 6) is 0.744. The van der Waals surface area contributed by atoms with Gasteiger partial charge in [0.15, 0.2) is 5.78 Å². The van der Waals surface area contributed by atoms with Gasteiger partial charge in [0, 0.05) is 5.56 Å². The first kappa shape index (κ1) is 15.3. The van der Waals surface area contributed by atoms with Crippen molar-refractivity contribution < 1.29 is 14.6 Å². The van der Waals surface area contributed by atoms with E-state index in [1.165, 1.54) is 0 Å². The van der Waals surface area contributed by atoms with Crippen LogP contribution in [0.1, 0.15) is 47.9 Å². The smallest absolute Gasteiger partial charge is 0.170 e. The summed E-state index contributed by atoms with van der Waals surface area (Å²) < 4.78 is 6.12. The number of rotatable bonds is 3. The lowest BCUT2D eigenvalue weighted by Crippen LogP contribution is -2.21. The molecule has 23 heavy (non-hydrogen) atoms. The summed E-state index contributed by atoms with van der Waals surface area (Å²) in [6, 6.07) is 13.0.